The normalized spacial score (nSPS) is 10.0. The summed E-state index contributed by atoms with van der Waals surface area (Å²) in [5.74, 6) is 2.69. The number of benzene rings is 2. The Morgan fingerprint density at radius 1 is 0.821 bits per heavy atom. The molecule has 2 aromatic carbocycles. The molecule has 0 bridgehead atoms. The van der Waals surface area contributed by atoms with E-state index in [9.17, 15) is 4.79 Å². The zero-order valence-corrected chi connectivity index (χ0v) is 16.8. The molecule has 0 aromatic heterocycles. The number of carbonyl (C=O) groups excluding carboxylic acids is 1. The summed E-state index contributed by atoms with van der Waals surface area (Å²) in [5, 5.41) is 5.57. The lowest BCUT2D eigenvalue weighted by Gasteiger charge is -2.15. The SMILES string of the molecule is COc1cccc(CCNC(=O)Nc2cc(OC)c(OC)c(OC)c2)c1OC. The van der Waals surface area contributed by atoms with Gasteiger partial charge in [0.2, 0.25) is 5.75 Å². The molecule has 152 valence electrons. The van der Waals surface area contributed by atoms with Crippen molar-refractivity contribution >= 4 is 11.7 Å². The number of amides is 2. The fourth-order valence-corrected chi connectivity index (χ4v) is 2.79. The van der Waals surface area contributed by atoms with Crippen molar-refractivity contribution in [3.8, 4) is 28.7 Å². The first kappa shape index (κ1) is 21.0. The van der Waals surface area contributed by atoms with Crippen molar-refractivity contribution in [3.63, 3.8) is 0 Å². The number of rotatable bonds is 9. The van der Waals surface area contributed by atoms with Crippen LogP contribution in [-0.4, -0.2) is 48.1 Å². The number of ether oxygens (including phenoxy) is 5. The summed E-state index contributed by atoms with van der Waals surface area (Å²) >= 11 is 0. The van der Waals surface area contributed by atoms with Crippen LogP contribution in [0, 0.1) is 0 Å². The van der Waals surface area contributed by atoms with E-state index in [-0.39, 0.29) is 6.03 Å². The minimum Gasteiger partial charge on any atom is -0.493 e. The van der Waals surface area contributed by atoms with Crippen molar-refractivity contribution in [1.29, 1.82) is 0 Å². The largest absolute Gasteiger partial charge is 0.493 e. The Balaban J connectivity index is 2.00. The molecule has 0 saturated carbocycles. The van der Waals surface area contributed by atoms with Gasteiger partial charge in [0.05, 0.1) is 41.2 Å². The van der Waals surface area contributed by atoms with E-state index in [4.69, 9.17) is 23.7 Å². The lowest BCUT2D eigenvalue weighted by molar-refractivity contribution is 0.252. The van der Waals surface area contributed by atoms with Gasteiger partial charge < -0.3 is 34.3 Å². The van der Waals surface area contributed by atoms with Crippen molar-refractivity contribution in [2.24, 2.45) is 0 Å². The number of para-hydroxylation sites is 1. The second kappa shape index (κ2) is 10.1. The van der Waals surface area contributed by atoms with Crippen LogP contribution in [0.15, 0.2) is 30.3 Å². The number of nitrogens with one attached hydrogen (secondary N) is 2. The average molecular weight is 390 g/mol. The molecule has 2 aromatic rings. The number of hydrogen-bond donors (Lipinski definition) is 2. The first-order valence-electron chi connectivity index (χ1n) is 8.62. The van der Waals surface area contributed by atoms with Crippen LogP contribution in [0.1, 0.15) is 5.56 Å². The van der Waals surface area contributed by atoms with Gasteiger partial charge in [-0.3, -0.25) is 0 Å². The highest BCUT2D eigenvalue weighted by molar-refractivity contribution is 5.90. The van der Waals surface area contributed by atoms with Gasteiger partial charge in [-0.15, -0.1) is 0 Å². The Morgan fingerprint density at radius 2 is 1.43 bits per heavy atom. The fourth-order valence-electron chi connectivity index (χ4n) is 2.79. The van der Waals surface area contributed by atoms with E-state index in [0.29, 0.717) is 47.4 Å². The topological polar surface area (TPSA) is 87.3 Å². The second-order valence-corrected chi connectivity index (χ2v) is 5.70. The molecule has 8 heteroatoms. The molecular formula is C20H26N2O6. The summed E-state index contributed by atoms with van der Waals surface area (Å²) in [4.78, 5) is 12.2. The van der Waals surface area contributed by atoms with E-state index in [0.717, 1.165) is 5.56 Å². The summed E-state index contributed by atoms with van der Waals surface area (Å²) in [6.07, 6.45) is 0.586. The Kier molecular flexibility index (Phi) is 7.62. The summed E-state index contributed by atoms with van der Waals surface area (Å²) in [6, 6.07) is 8.61. The summed E-state index contributed by atoms with van der Waals surface area (Å²) < 4.78 is 26.5. The molecule has 0 unspecified atom stereocenters. The number of anilines is 1. The maximum atomic E-state index is 12.2. The van der Waals surface area contributed by atoms with Gasteiger partial charge >= 0.3 is 6.03 Å². The van der Waals surface area contributed by atoms with Crippen LogP contribution in [0.5, 0.6) is 28.7 Å². The minimum absolute atomic E-state index is 0.351. The second-order valence-electron chi connectivity index (χ2n) is 5.70. The molecule has 0 heterocycles. The Morgan fingerprint density at radius 3 is 1.96 bits per heavy atom. The van der Waals surface area contributed by atoms with E-state index < -0.39 is 0 Å². The molecule has 0 radical (unpaired) electrons. The van der Waals surface area contributed by atoms with E-state index in [1.54, 1.807) is 26.4 Å². The minimum atomic E-state index is -0.351. The van der Waals surface area contributed by atoms with Crippen molar-refractivity contribution in [1.82, 2.24) is 5.32 Å². The molecule has 0 saturated heterocycles. The first-order chi connectivity index (χ1) is 13.6. The van der Waals surface area contributed by atoms with E-state index >= 15 is 0 Å². The molecule has 2 rings (SSSR count). The van der Waals surface area contributed by atoms with Crippen LogP contribution in [-0.2, 0) is 6.42 Å². The predicted molar refractivity (Wildman–Crippen MR) is 106 cm³/mol. The van der Waals surface area contributed by atoms with Crippen molar-refractivity contribution < 1.29 is 28.5 Å². The van der Waals surface area contributed by atoms with Crippen molar-refractivity contribution in [3.05, 3.63) is 35.9 Å². The first-order valence-corrected chi connectivity index (χ1v) is 8.62. The average Bonchev–Trinajstić information content (AvgIpc) is 2.72. The molecule has 0 fully saturated rings. The molecule has 0 atom stereocenters. The number of carbonyl (C=O) groups is 1. The molecule has 0 aliphatic rings. The standard InChI is InChI=1S/C20H26N2O6/c1-24-15-8-6-7-13(18(15)27-4)9-10-21-20(23)22-14-11-16(25-2)19(28-5)17(12-14)26-3/h6-8,11-12H,9-10H2,1-5H3,(H2,21,22,23). The van der Waals surface area contributed by atoms with Gasteiger partial charge in [-0.1, -0.05) is 12.1 Å². The van der Waals surface area contributed by atoms with Crippen LogP contribution in [0.2, 0.25) is 0 Å². The van der Waals surface area contributed by atoms with Crippen LogP contribution in [0.4, 0.5) is 10.5 Å². The summed E-state index contributed by atoms with van der Waals surface area (Å²) in [7, 11) is 7.73. The molecule has 8 nitrogen and oxygen atoms in total. The molecule has 28 heavy (non-hydrogen) atoms. The van der Waals surface area contributed by atoms with Gasteiger partial charge in [0.25, 0.3) is 0 Å². The Labute approximate surface area is 164 Å². The molecule has 2 amide bonds. The predicted octanol–water partition coefficient (Wildman–Crippen LogP) is 3.09. The summed E-state index contributed by atoms with van der Waals surface area (Å²) in [5.41, 5.74) is 1.46. The number of urea groups is 1. The quantitative estimate of drug-likeness (QED) is 0.684. The highest BCUT2D eigenvalue weighted by atomic mass is 16.5. The lowest BCUT2D eigenvalue weighted by Crippen LogP contribution is -2.30. The lowest BCUT2D eigenvalue weighted by atomic mass is 10.1. The third-order valence-corrected chi connectivity index (χ3v) is 4.09. The molecule has 2 N–H and O–H groups in total. The maximum absolute atomic E-state index is 12.2. The third-order valence-electron chi connectivity index (χ3n) is 4.09. The van der Waals surface area contributed by atoms with Gasteiger partial charge in [-0.05, 0) is 18.1 Å². The van der Waals surface area contributed by atoms with E-state index in [1.165, 1.54) is 21.3 Å². The van der Waals surface area contributed by atoms with Gasteiger partial charge in [0.15, 0.2) is 23.0 Å². The Hall–Kier alpha value is -3.29. The zero-order valence-electron chi connectivity index (χ0n) is 16.8. The number of methoxy groups -OCH3 is 5. The maximum Gasteiger partial charge on any atom is 0.319 e. The van der Waals surface area contributed by atoms with Crippen LogP contribution >= 0.6 is 0 Å². The fraction of sp³-hybridized carbons (Fsp3) is 0.350. The Bertz CT molecular complexity index is 784. The van der Waals surface area contributed by atoms with Crippen molar-refractivity contribution in [2.45, 2.75) is 6.42 Å². The third kappa shape index (κ3) is 4.91. The van der Waals surface area contributed by atoms with Crippen LogP contribution in [0.3, 0.4) is 0 Å². The number of hydrogen-bond acceptors (Lipinski definition) is 6. The van der Waals surface area contributed by atoms with E-state index in [2.05, 4.69) is 10.6 Å². The van der Waals surface area contributed by atoms with Gasteiger partial charge in [0.1, 0.15) is 0 Å². The monoisotopic (exact) mass is 390 g/mol. The molecule has 0 aliphatic heterocycles. The highest BCUT2D eigenvalue weighted by Gasteiger charge is 2.15. The van der Waals surface area contributed by atoms with Crippen molar-refractivity contribution in [2.75, 3.05) is 47.4 Å². The van der Waals surface area contributed by atoms with Gasteiger partial charge in [0, 0.05) is 18.7 Å². The van der Waals surface area contributed by atoms with Gasteiger partial charge in [-0.25, -0.2) is 4.79 Å². The summed E-state index contributed by atoms with van der Waals surface area (Å²) in [6.45, 7) is 0.416. The van der Waals surface area contributed by atoms with E-state index in [1.807, 2.05) is 18.2 Å². The molecule has 0 aliphatic carbocycles. The molecule has 0 spiro atoms. The zero-order chi connectivity index (χ0) is 20.5. The van der Waals surface area contributed by atoms with Gasteiger partial charge in [-0.2, -0.15) is 0 Å². The van der Waals surface area contributed by atoms with Crippen LogP contribution in [0.25, 0.3) is 0 Å². The smallest absolute Gasteiger partial charge is 0.319 e. The highest BCUT2D eigenvalue weighted by Crippen LogP contribution is 2.39. The molecular weight excluding hydrogens is 364 g/mol. The van der Waals surface area contributed by atoms with Crippen LogP contribution < -0.4 is 34.3 Å².